The molecule has 0 aliphatic heterocycles. The van der Waals surface area contributed by atoms with Crippen molar-refractivity contribution in [2.75, 3.05) is 6.54 Å². The molecule has 0 saturated carbocycles. The van der Waals surface area contributed by atoms with Gasteiger partial charge in [-0.15, -0.1) is 11.3 Å². The van der Waals surface area contributed by atoms with Crippen LogP contribution in [0.1, 0.15) is 30.9 Å². The fourth-order valence-electron chi connectivity index (χ4n) is 1.64. The Labute approximate surface area is 99.4 Å². The van der Waals surface area contributed by atoms with E-state index >= 15 is 0 Å². The average Bonchev–Trinajstić information content (AvgIpc) is 2.91. The molecular weight excluding hydrogens is 220 g/mol. The van der Waals surface area contributed by atoms with Crippen molar-refractivity contribution in [3.63, 3.8) is 0 Å². The Kier molecular flexibility index (Phi) is 3.69. The summed E-state index contributed by atoms with van der Waals surface area (Å²) < 4.78 is 2.03. The highest BCUT2D eigenvalue weighted by molar-refractivity contribution is 7.07. The number of imidazole rings is 1. The van der Waals surface area contributed by atoms with Gasteiger partial charge in [-0.3, -0.25) is 0 Å². The molecule has 0 aromatic carbocycles. The zero-order chi connectivity index (χ0) is 11.4. The Morgan fingerprint density at radius 1 is 1.50 bits per heavy atom. The molecule has 1 unspecified atom stereocenters. The highest BCUT2D eigenvalue weighted by Gasteiger charge is 2.18. The molecular formula is C11H16N4S. The number of nitrogens with one attached hydrogen (secondary N) is 1. The van der Waals surface area contributed by atoms with Crippen LogP contribution in [-0.2, 0) is 7.05 Å². The van der Waals surface area contributed by atoms with Gasteiger partial charge in [-0.05, 0) is 13.0 Å². The fraction of sp³-hybridized carbons (Fsp3) is 0.455. The monoisotopic (exact) mass is 236 g/mol. The number of thiazole rings is 1. The average molecular weight is 236 g/mol. The Bertz CT molecular complexity index is 421. The quantitative estimate of drug-likeness (QED) is 0.863. The molecule has 2 rings (SSSR count). The highest BCUT2D eigenvalue weighted by atomic mass is 32.1. The van der Waals surface area contributed by atoms with Crippen molar-refractivity contribution in [1.29, 1.82) is 0 Å². The van der Waals surface area contributed by atoms with Crippen LogP contribution in [0.15, 0.2) is 23.3 Å². The second-order valence-electron chi connectivity index (χ2n) is 3.70. The van der Waals surface area contributed by atoms with Gasteiger partial charge in [0.2, 0.25) is 0 Å². The summed E-state index contributed by atoms with van der Waals surface area (Å²) in [7, 11) is 2.01. The van der Waals surface area contributed by atoms with Crippen LogP contribution >= 0.6 is 11.3 Å². The van der Waals surface area contributed by atoms with Gasteiger partial charge in [-0.25, -0.2) is 9.97 Å². The van der Waals surface area contributed by atoms with Crippen LogP contribution in [0.5, 0.6) is 0 Å². The summed E-state index contributed by atoms with van der Waals surface area (Å²) in [4.78, 5) is 8.76. The molecule has 2 heterocycles. The third-order valence-corrected chi connectivity index (χ3v) is 3.07. The Morgan fingerprint density at radius 3 is 2.94 bits per heavy atom. The summed E-state index contributed by atoms with van der Waals surface area (Å²) in [5, 5.41) is 5.55. The summed E-state index contributed by atoms with van der Waals surface area (Å²) in [5.74, 6) is 1.01. The number of rotatable bonds is 5. The number of hydrogen-bond acceptors (Lipinski definition) is 4. The second-order valence-corrected chi connectivity index (χ2v) is 4.42. The maximum atomic E-state index is 4.39. The standard InChI is InChI=1S/C11H16N4S/c1-3-4-12-10(9-7-16-8-14-9)11-13-5-6-15(11)2/h5-8,10,12H,3-4H2,1-2H3. The number of hydrogen-bond donors (Lipinski definition) is 1. The van der Waals surface area contributed by atoms with Crippen LogP contribution in [0.2, 0.25) is 0 Å². The molecule has 0 saturated heterocycles. The minimum absolute atomic E-state index is 0.103. The molecule has 1 N–H and O–H groups in total. The number of aryl methyl sites for hydroxylation is 1. The van der Waals surface area contributed by atoms with Gasteiger partial charge in [0.05, 0.1) is 11.2 Å². The maximum Gasteiger partial charge on any atom is 0.131 e. The normalized spacial score (nSPS) is 12.9. The SMILES string of the molecule is CCCNC(c1cscn1)c1nccn1C. The van der Waals surface area contributed by atoms with Crippen LogP contribution in [0.25, 0.3) is 0 Å². The topological polar surface area (TPSA) is 42.7 Å². The number of nitrogens with zero attached hydrogens (tertiary/aromatic N) is 3. The second kappa shape index (κ2) is 5.23. The zero-order valence-corrected chi connectivity index (χ0v) is 10.4. The lowest BCUT2D eigenvalue weighted by molar-refractivity contribution is 0.547. The Balaban J connectivity index is 2.25. The van der Waals surface area contributed by atoms with Gasteiger partial charge in [0.25, 0.3) is 0 Å². The molecule has 16 heavy (non-hydrogen) atoms. The predicted molar refractivity (Wildman–Crippen MR) is 65.5 cm³/mol. The molecule has 1 atom stereocenters. The van der Waals surface area contributed by atoms with Crippen molar-refractivity contribution in [3.8, 4) is 0 Å². The van der Waals surface area contributed by atoms with E-state index in [4.69, 9.17) is 0 Å². The molecule has 0 fully saturated rings. The smallest absolute Gasteiger partial charge is 0.131 e. The zero-order valence-electron chi connectivity index (χ0n) is 9.55. The van der Waals surface area contributed by atoms with E-state index in [0.717, 1.165) is 24.5 Å². The summed E-state index contributed by atoms with van der Waals surface area (Å²) in [5.41, 5.74) is 2.91. The molecule has 5 heteroatoms. The third kappa shape index (κ3) is 2.31. The lowest BCUT2D eigenvalue weighted by Gasteiger charge is -2.16. The molecule has 0 amide bonds. The van der Waals surface area contributed by atoms with Gasteiger partial charge in [0.15, 0.2) is 0 Å². The van der Waals surface area contributed by atoms with Gasteiger partial charge in [0.1, 0.15) is 11.9 Å². The molecule has 4 nitrogen and oxygen atoms in total. The van der Waals surface area contributed by atoms with Crippen molar-refractivity contribution in [3.05, 3.63) is 34.8 Å². The van der Waals surface area contributed by atoms with E-state index in [1.807, 2.05) is 29.5 Å². The van der Waals surface area contributed by atoms with Crippen LogP contribution < -0.4 is 5.32 Å². The number of aromatic nitrogens is 3. The first-order valence-corrected chi connectivity index (χ1v) is 6.36. The van der Waals surface area contributed by atoms with E-state index in [-0.39, 0.29) is 6.04 Å². The van der Waals surface area contributed by atoms with Crippen molar-refractivity contribution >= 4 is 11.3 Å². The minimum Gasteiger partial charge on any atom is -0.336 e. The van der Waals surface area contributed by atoms with Crippen molar-refractivity contribution < 1.29 is 0 Å². The Morgan fingerprint density at radius 2 is 2.38 bits per heavy atom. The van der Waals surface area contributed by atoms with E-state index in [1.54, 1.807) is 11.3 Å². The maximum absolute atomic E-state index is 4.39. The van der Waals surface area contributed by atoms with E-state index in [1.165, 1.54) is 0 Å². The summed E-state index contributed by atoms with van der Waals surface area (Å²) in [6.45, 7) is 3.12. The van der Waals surface area contributed by atoms with Crippen molar-refractivity contribution in [1.82, 2.24) is 19.9 Å². The molecule has 0 radical (unpaired) electrons. The van der Waals surface area contributed by atoms with E-state index in [9.17, 15) is 0 Å². The molecule has 0 aliphatic rings. The molecule has 2 aromatic heterocycles. The van der Waals surface area contributed by atoms with E-state index in [0.29, 0.717) is 0 Å². The van der Waals surface area contributed by atoms with Gasteiger partial charge < -0.3 is 9.88 Å². The van der Waals surface area contributed by atoms with Crippen LogP contribution in [0.4, 0.5) is 0 Å². The molecule has 0 bridgehead atoms. The lowest BCUT2D eigenvalue weighted by Crippen LogP contribution is -2.26. The molecule has 86 valence electrons. The van der Waals surface area contributed by atoms with Gasteiger partial charge >= 0.3 is 0 Å². The lowest BCUT2D eigenvalue weighted by atomic mass is 10.2. The molecule has 2 aromatic rings. The van der Waals surface area contributed by atoms with Gasteiger partial charge in [-0.1, -0.05) is 6.92 Å². The van der Waals surface area contributed by atoms with Crippen LogP contribution in [-0.4, -0.2) is 21.1 Å². The van der Waals surface area contributed by atoms with Crippen LogP contribution in [0, 0.1) is 0 Å². The third-order valence-electron chi connectivity index (χ3n) is 2.46. The minimum atomic E-state index is 0.103. The molecule has 0 spiro atoms. The predicted octanol–water partition coefficient (Wildman–Crippen LogP) is 1.97. The highest BCUT2D eigenvalue weighted by Crippen LogP contribution is 2.19. The van der Waals surface area contributed by atoms with E-state index in [2.05, 4.69) is 27.6 Å². The largest absolute Gasteiger partial charge is 0.336 e. The summed E-state index contributed by atoms with van der Waals surface area (Å²) in [6, 6.07) is 0.103. The first-order valence-electron chi connectivity index (χ1n) is 5.41. The summed E-state index contributed by atoms with van der Waals surface area (Å²) >= 11 is 1.62. The first kappa shape index (κ1) is 11.3. The van der Waals surface area contributed by atoms with E-state index < -0.39 is 0 Å². The van der Waals surface area contributed by atoms with Crippen molar-refractivity contribution in [2.45, 2.75) is 19.4 Å². The molecule has 0 aliphatic carbocycles. The van der Waals surface area contributed by atoms with Crippen LogP contribution in [0.3, 0.4) is 0 Å². The summed E-state index contributed by atoms with van der Waals surface area (Å²) in [6.07, 6.45) is 4.88. The van der Waals surface area contributed by atoms with Crippen molar-refractivity contribution in [2.24, 2.45) is 7.05 Å². The first-order chi connectivity index (χ1) is 7.83. The van der Waals surface area contributed by atoms with Gasteiger partial charge in [0, 0.05) is 24.8 Å². The Hall–Kier alpha value is -1.20. The van der Waals surface area contributed by atoms with Gasteiger partial charge in [-0.2, -0.15) is 0 Å². The fourth-order valence-corrected chi connectivity index (χ4v) is 2.22.